The molecule has 6 rings (SSSR count). The van der Waals surface area contributed by atoms with Gasteiger partial charge in [0.25, 0.3) is 0 Å². The van der Waals surface area contributed by atoms with Crippen LogP contribution in [0.2, 0.25) is 0 Å². The second-order valence-electron chi connectivity index (χ2n) is 10.6. The van der Waals surface area contributed by atoms with Crippen LogP contribution in [0.1, 0.15) is 76.3 Å². The Bertz CT molecular complexity index is 1310. The van der Waals surface area contributed by atoms with Gasteiger partial charge in [-0.2, -0.15) is 34.4 Å². The van der Waals surface area contributed by atoms with E-state index < -0.39 is 0 Å². The van der Waals surface area contributed by atoms with Gasteiger partial charge in [-0.15, -0.1) is 47.6 Å². The van der Waals surface area contributed by atoms with Crippen LogP contribution in [-0.2, 0) is 23.9 Å². The zero-order chi connectivity index (χ0) is 28.3. The zero-order valence-electron chi connectivity index (χ0n) is 24.4. The molecule has 0 fully saturated rings. The predicted molar refractivity (Wildman–Crippen MR) is 169 cm³/mol. The van der Waals surface area contributed by atoms with Crippen molar-refractivity contribution in [1.29, 1.82) is 0 Å². The summed E-state index contributed by atoms with van der Waals surface area (Å²) >= 11 is 1.27. The van der Waals surface area contributed by atoms with E-state index >= 15 is 0 Å². The maximum absolute atomic E-state index is 3.52. The van der Waals surface area contributed by atoms with Gasteiger partial charge in [0.2, 0.25) is 0 Å². The van der Waals surface area contributed by atoms with E-state index in [1.165, 1.54) is 68.5 Å². The summed E-state index contributed by atoms with van der Waals surface area (Å²) in [5.74, 6) is 0.959. The Hall–Kier alpha value is -2.90. The van der Waals surface area contributed by atoms with Crippen LogP contribution < -0.4 is 0 Å². The first-order chi connectivity index (χ1) is 19.5. The number of allylic oxidation sites excluding steroid dienone is 16. The molecule has 0 nitrogen and oxygen atoms in total. The van der Waals surface area contributed by atoms with Crippen LogP contribution in [0, 0.1) is 12.2 Å². The fraction of sp³-hybridized carbons (Fsp3) is 0.256. The molecule has 0 bridgehead atoms. The molecule has 200 valence electrons. The minimum atomic E-state index is 0.479. The van der Waals surface area contributed by atoms with E-state index in [4.69, 9.17) is 0 Å². The second kappa shape index (κ2) is 15.2. The average Bonchev–Trinajstić information content (AvgIpc) is 3.45. The molecular weight excluding hydrogens is 647 g/mol. The van der Waals surface area contributed by atoms with E-state index in [0.717, 1.165) is 25.7 Å². The van der Waals surface area contributed by atoms with Crippen molar-refractivity contribution in [3.63, 3.8) is 0 Å². The molecule has 0 saturated heterocycles. The number of fused-ring (bicyclic) bond motifs is 2. The molecule has 4 aliphatic carbocycles. The summed E-state index contributed by atoms with van der Waals surface area (Å²) in [4.78, 5) is 0. The first-order valence-electron chi connectivity index (χ1n) is 14.5. The van der Waals surface area contributed by atoms with Crippen molar-refractivity contribution >= 4 is 3.26 Å². The van der Waals surface area contributed by atoms with E-state index in [1.807, 2.05) is 0 Å². The van der Waals surface area contributed by atoms with E-state index in [1.54, 1.807) is 3.26 Å². The first-order valence-corrected chi connectivity index (χ1v) is 16.3. The molecule has 4 aliphatic rings. The number of rotatable bonds is 4. The fourth-order valence-corrected chi connectivity index (χ4v) is 5.34. The van der Waals surface area contributed by atoms with Crippen molar-refractivity contribution in [3.05, 3.63) is 166 Å². The number of benzene rings is 2. The van der Waals surface area contributed by atoms with Crippen molar-refractivity contribution < 1.29 is 23.9 Å². The monoisotopic (exact) mass is 688 g/mol. The second-order valence-corrected chi connectivity index (χ2v) is 14.2. The van der Waals surface area contributed by atoms with Crippen LogP contribution in [0.15, 0.2) is 143 Å². The third-order valence-corrected chi connectivity index (χ3v) is 7.33. The Balaban J connectivity index is 0.000000164. The molecule has 0 saturated carbocycles. The van der Waals surface area contributed by atoms with Crippen LogP contribution >= 0.6 is 0 Å². The maximum atomic E-state index is 3.52. The predicted octanol–water partition coefficient (Wildman–Crippen LogP) is 10.2. The van der Waals surface area contributed by atoms with Crippen LogP contribution in [0.4, 0.5) is 0 Å². The molecule has 2 aromatic rings. The van der Waals surface area contributed by atoms with E-state index in [2.05, 4.69) is 149 Å². The molecule has 0 N–H and O–H groups in total. The summed E-state index contributed by atoms with van der Waals surface area (Å²) < 4.78 is 1.56. The molecule has 0 aliphatic heterocycles. The molecule has 0 spiro atoms. The average molecular weight is 687 g/mol. The van der Waals surface area contributed by atoms with Gasteiger partial charge in [0, 0.05) is 0 Å². The van der Waals surface area contributed by atoms with Crippen LogP contribution in [0.5, 0.6) is 0 Å². The molecule has 2 atom stereocenters. The fourth-order valence-electron chi connectivity index (χ4n) is 5.34. The van der Waals surface area contributed by atoms with Gasteiger partial charge in [-0.05, 0) is 48.6 Å². The normalized spacial score (nSPS) is 20.4. The van der Waals surface area contributed by atoms with E-state index in [-0.39, 0.29) is 0 Å². The van der Waals surface area contributed by atoms with Gasteiger partial charge in [-0.25, -0.2) is 0 Å². The standard InChI is InChI=1S/2C18H17.C3H6.Hf/c2*1-2-14-12-16-10-6-7-11-17(18(16)13-14)15-8-4-3-5-9-15;1-3-2;/h2*3-10,13,17H,2,11H2,1H3;1-2H3;/q2*-1;;+2. The summed E-state index contributed by atoms with van der Waals surface area (Å²) in [6.45, 7) is 8.68. The molecule has 1 heteroatoms. The van der Waals surface area contributed by atoms with Gasteiger partial charge in [0.05, 0.1) is 0 Å². The number of hydrogen-bond acceptors (Lipinski definition) is 0. The molecular formula is C39H40Hf. The molecule has 40 heavy (non-hydrogen) atoms. The van der Waals surface area contributed by atoms with E-state index in [9.17, 15) is 0 Å². The SMILES string of the molecule is CCC1=[C-]C2=CC=CCC(c3ccccc3)C2=C1.CCC1=[C-]C2=CC=CCC(c3ccccc3)C2=C1.C[C](C)=[Hf+2]. The number of hydrogen-bond donors (Lipinski definition) is 0. The van der Waals surface area contributed by atoms with Gasteiger partial charge in [0.15, 0.2) is 0 Å². The molecule has 2 aromatic carbocycles. The Morgan fingerprint density at radius 1 is 0.675 bits per heavy atom. The van der Waals surface area contributed by atoms with Gasteiger partial charge in [-0.3, -0.25) is 0 Å². The zero-order valence-corrected chi connectivity index (χ0v) is 28.0. The van der Waals surface area contributed by atoms with Crippen molar-refractivity contribution in [3.8, 4) is 0 Å². The van der Waals surface area contributed by atoms with Gasteiger partial charge >= 0.3 is 41.0 Å². The van der Waals surface area contributed by atoms with Gasteiger partial charge < -0.3 is 0 Å². The van der Waals surface area contributed by atoms with Crippen molar-refractivity contribution in [2.45, 2.75) is 65.2 Å². The Kier molecular flexibility index (Phi) is 11.4. The van der Waals surface area contributed by atoms with Crippen LogP contribution in [0.3, 0.4) is 0 Å². The summed E-state index contributed by atoms with van der Waals surface area (Å²) in [6.07, 6.45) is 29.2. The van der Waals surface area contributed by atoms with Crippen LogP contribution in [0.25, 0.3) is 0 Å². The molecule has 0 heterocycles. The summed E-state index contributed by atoms with van der Waals surface area (Å²) in [7, 11) is 0. The van der Waals surface area contributed by atoms with Crippen molar-refractivity contribution in [1.82, 2.24) is 0 Å². The molecule has 0 aromatic heterocycles. The van der Waals surface area contributed by atoms with E-state index in [0.29, 0.717) is 11.8 Å². The third-order valence-electron chi connectivity index (χ3n) is 7.33. The quantitative estimate of drug-likeness (QED) is 0.222. The minimum absolute atomic E-state index is 0.479. The Morgan fingerprint density at radius 2 is 1.05 bits per heavy atom. The first kappa shape index (κ1) is 30.1. The third kappa shape index (κ3) is 8.07. The molecule has 0 amide bonds. The van der Waals surface area contributed by atoms with Crippen molar-refractivity contribution in [2.24, 2.45) is 0 Å². The molecule has 0 radical (unpaired) electrons. The topological polar surface area (TPSA) is 0 Å². The summed E-state index contributed by atoms with van der Waals surface area (Å²) in [5.41, 5.74) is 10.9. The van der Waals surface area contributed by atoms with Crippen molar-refractivity contribution in [2.75, 3.05) is 0 Å². The van der Waals surface area contributed by atoms with Gasteiger partial charge in [-0.1, -0.05) is 86.7 Å². The Morgan fingerprint density at radius 3 is 1.40 bits per heavy atom. The summed E-state index contributed by atoms with van der Waals surface area (Å²) in [5, 5.41) is 0. The van der Waals surface area contributed by atoms with Gasteiger partial charge in [0.1, 0.15) is 0 Å². The summed E-state index contributed by atoms with van der Waals surface area (Å²) in [6, 6.07) is 21.6. The van der Waals surface area contributed by atoms with Crippen LogP contribution in [-0.4, -0.2) is 3.26 Å². The molecule has 2 unspecified atom stereocenters. The Labute approximate surface area is 257 Å².